The van der Waals surface area contributed by atoms with Crippen LogP contribution in [0.3, 0.4) is 0 Å². The van der Waals surface area contributed by atoms with E-state index in [1.54, 1.807) is 60.9 Å². The molecule has 3 aromatic rings. The summed E-state index contributed by atoms with van der Waals surface area (Å²) in [6.45, 7) is 1.95. The Morgan fingerprint density at radius 1 is 1.04 bits per heavy atom. The molecule has 1 aromatic heterocycles. The number of aromatic nitrogens is 1. The molecule has 0 N–H and O–H groups in total. The minimum Gasteiger partial charge on any atom is -0.452 e. The highest BCUT2D eigenvalue weighted by Crippen LogP contribution is 2.35. The van der Waals surface area contributed by atoms with Gasteiger partial charge in [-0.15, -0.1) is 0 Å². The molecule has 0 unspecified atom stereocenters. The van der Waals surface area contributed by atoms with Crippen molar-refractivity contribution in [3.63, 3.8) is 0 Å². The summed E-state index contributed by atoms with van der Waals surface area (Å²) in [5, 5.41) is 0. The SMILES string of the molecule is Cc1ccc(C(=O)Oc2ccc3c(c2)O/C(=C\c2ccncc2)C3=O)cc1. The molecule has 0 spiro atoms. The molecule has 0 fully saturated rings. The van der Waals surface area contributed by atoms with Gasteiger partial charge in [-0.2, -0.15) is 0 Å². The number of aryl methyl sites for hydroxylation is 1. The summed E-state index contributed by atoms with van der Waals surface area (Å²) in [4.78, 5) is 28.7. The number of nitrogens with zero attached hydrogens (tertiary/aromatic N) is 1. The summed E-state index contributed by atoms with van der Waals surface area (Å²) in [6.07, 6.45) is 4.94. The van der Waals surface area contributed by atoms with E-state index in [0.29, 0.717) is 22.6 Å². The predicted molar refractivity (Wildman–Crippen MR) is 99.8 cm³/mol. The molecule has 1 aliphatic rings. The molecule has 5 heteroatoms. The van der Waals surface area contributed by atoms with Gasteiger partial charge in [-0.25, -0.2) is 4.79 Å². The van der Waals surface area contributed by atoms with Gasteiger partial charge < -0.3 is 9.47 Å². The Bertz CT molecular complexity index is 1050. The molecule has 0 saturated carbocycles. The molecule has 2 aromatic carbocycles. The van der Waals surface area contributed by atoms with Gasteiger partial charge in [-0.1, -0.05) is 17.7 Å². The number of allylic oxidation sites excluding steroid dienone is 1. The van der Waals surface area contributed by atoms with Crippen LogP contribution in [0.15, 0.2) is 72.8 Å². The van der Waals surface area contributed by atoms with Crippen LogP contribution in [0.25, 0.3) is 6.08 Å². The molecule has 27 heavy (non-hydrogen) atoms. The summed E-state index contributed by atoms with van der Waals surface area (Å²) in [5.74, 6) is 0.232. The number of Topliss-reactive ketones (excluding diaryl/α,β-unsaturated/α-hetero) is 1. The Kier molecular flexibility index (Phi) is 4.26. The van der Waals surface area contributed by atoms with Crippen molar-refractivity contribution in [2.45, 2.75) is 6.92 Å². The maximum absolute atomic E-state index is 12.5. The zero-order valence-corrected chi connectivity index (χ0v) is 14.5. The van der Waals surface area contributed by atoms with Crippen molar-refractivity contribution in [1.82, 2.24) is 4.98 Å². The lowest BCUT2D eigenvalue weighted by atomic mass is 10.1. The molecule has 0 bridgehead atoms. The maximum Gasteiger partial charge on any atom is 0.343 e. The van der Waals surface area contributed by atoms with Gasteiger partial charge in [0.05, 0.1) is 11.1 Å². The number of ketones is 1. The van der Waals surface area contributed by atoms with Crippen molar-refractivity contribution in [1.29, 1.82) is 0 Å². The fourth-order valence-electron chi connectivity index (χ4n) is 2.70. The number of hydrogen-bond donors (Lipinski definition) is 0. The van der Waals surface area contributed by atoms with Crippen molar-refractivity contribution >= 4 is 17.8 Å². The van der Waals surface area contributed by atoms with Crippen LogP contribution >= 0.6 is 0 Å². The molecule has 0 aliphatic carbocycles. The van der Waals surface area contributed by atoms with Crippen LogP contribution in [0, 0.1) is 6.92 Å². The molecule has 132 valence electrons. The van der Waals surface area contributed by atoms with Crippen LogP contribution in [0.5, 0.6) is 11.5 Å². The molecule has 2 heterocycles. The number of benzene rings is 2. The first-order valence-electron chi connectivity index (χ1n) is 8.37. The van der Waals surface area contributed by atoms with E-state index < -0.39 is 5.97 Å². The number of hydrogen-bond acceptors (Lipinski definition) is 5. The second-order valence-electron chi connectivity index (χ2n) is 6.13. The standard InChI is InChI=1S/C22H15NO4/c1-14-2-4-16(5-3-14)22(25)26-17-6-7-18-19(13-17)27-20(21(18)24)12-15-8-10-23-11-9-15/h2-13H,1H3/b20-12-. The third-order valence-corrected chi connectivity index (χ3v) is 4.14. The van der Waals surface area contributed by atoms with Gasteiger partial charge >= 0.3 is 5.97 Å². The number of esters is 1. The van der Waals surface area contributed by atoms with Gasteiger partial charge in [-0.05, 0) is 55.0 Å². The third kappa shape index (κ3) is 3.48. The molecule has 0 saturated heterocycles. The average molecular weight is 357 g/mol. The minimum absolute atomic E-state index is 0.210. The van der Waals surface area contributed by atoms with Gasteiger partial charge in [0, 0.05) is 18.5 Å². The van der Waals surface area contributed by atoms with Crippen molar-refractivity contribution in [3.8, 4) is 11.5 Å². The summed E-state index contributed by atoms with van der Waals surface area (Å²) >= 11 is 0. The molecule has 0 amide bonds. The lowest BCUT2D eigenvalue weighted by Crippen LogP contribution is -2.08. The molecule has 5 nitrogen and oxygen atoms in total. The topological polar surface area (TPSA) is 65.5 Å². The predicted octanol–water partition coefficient (Wildman–Crippen LogP) is 4.23. The summed E-state index contributed by atoms with van der Waals surface area (Å²) < 4.78 is 11.1. The van der Waals surface area contributed by atoms with E-state index in [9.17, 15) is 9.59 Å². The van der Waals surface area contributed by atoms with E-state index in [-0.39, 0.29) is 11.5 Å². The highest BCUT2D eigenvalue weighted by molar-refractivity contribution is 6.14. The Hall–Kier alpha value is -3.73. The molecule has 4 rings (SSSR count). The van der Waals surface area contributed by atoms with Crippen LogP contribution in [0.2, 0.25) is 0 Å². The minimum atomic E-state index is -0.466. The largest absolute Gasteiger partial charge is 0.452 e. The van der Waals surface area contributed by atoms with Crippen LogP contribution < -0.4 is 9.47 Å². The molecule has 0 atom stereocenters. The number of pyridine rings is 1. The number of fused-ring (bicyclic) bond motifs is 1. The Morgan fingerprint density at radius 3 is 2.52 bits per heavy atom. The number of carbonyl (C=O) groups excluding carboxylic acids is 2. The Morgan fingerprint density at radius 2 is 1.78 bits per heavy atom. The van der Waals surface area contributed by atoms with E-state index in [1.807, 2.05) is 19.1 Å². The second-order valence-corrected chi connectivity index (χ2v) is 6.13. The highest BCUT2D eigenvalue weighted by Gasteiger charge is 2.28. The van der Waals surface area contributed by atoms with Crippen molar-refractivity contribution < 1.29 is 19.1 Å². The first kappa shape index (κ1) is 16.7. The van der Waals surface area contributed by atoms with Gasteiger partial charge in [-0.3, -0.25) is 9.78 Å². The number of carbonyl (C=O) groups is 2. The molecule has 1 aliphatic heterocycles. The van der Waals surface area contributed by atoms with Gasteiger partial charge in [0.15, 0.2) is 5.76 Å². The third-order valence-electron chi connectivity index (χ3n) is 4.14. The Labute approximate surface area is 155 Å². The molecular formula is C22H15NO4. The summed E-state index contributed by atoms with van der Waals surface area (Å²) in [5.41, 5.74) is 2.76. The van der Waals surface area contributed by atoms with Gasteiger partial charge in [0.25, 0.3) is 0 Å². The van der Waals surface area contributed by atoms with E-state index in [0.717, 1.165) is 11.1 Å². The van der Waals surface area contributed by atoms with Crippen LogP contribution in [-0.2, 0) is 0 Å². The van der Waals surface area contributed by atoms with Crippen molar-refractivity contribution in [2.24, 2.45) is 0 Å². The zero-order chi connectivity index (χ0) is 18.8. The van der Waals surface area contributed by atoms with Crippen molar-refractivity contribution in [2.75, 3.05) is 0 Å². The van der Waals surface area contributed by atoms with E-state index >= 15 is 0 Å². The smallest absolute Gasteiger partial charge is 0.343 e. The normalized spacial score (nSPS) is 14.0. The summed E-state index contributed by atoms with van der Waals surface area (Å²) in [7, 11) is 0. The summed E-state index contributed by atoms with van der Waals surface area (Å²) in [6, 6.07) is 15.4. The van der Waals surface area contributed by atoms with Gasteiger partial charge in [0.2, 0.25) is 5.78 Å². The van der Waals surface area contributed by atoms with Crippen LogP contribution in [-0.4, -0.2) is 16.7 Å². The van der Waals surface area contributed by atoms with Crippen molar-refractivity contribution in [3.05, 3.63) is 95.0 Å². The first-order chi connectivity index (χ1) is 13.1. The number of ether oxygens (including phenoxy) is 2. The van der Waals surface area contributed by atoms with E-state index in [4.69, 9.17) is 9.47 Å². The molecular weight excluding hydrogens is 342 g/mol. The molecule has 0 radical (unpaired) electrons. The first-order valence-corrected chi connectivity index (χ1v) is 8.37. The second kappa shape index (κ2) is 6.88. The monoisotopic (exact) mass is 357 g/mol. The van der Waals surface area contributed by atoms with Crippen LogP contribution in [0.4, 0.5) is 0 Å². The lowest BCUT2D eigenvalue weighted by Gasteiger charge is -2.06. The fourth-order valence-corrected chi connectivity index (χ4v) is 2.70. The average Bonchev–Trinajstić information content (AvgIpc) is 2.98. The van der Waals surface area contributed by atoms with Crippen LogP contribution in [0.1, 0.15) is 31.8 Å². The fraction of sp³-hybridized carbons (Fsp3) is 0.0455. The van der Waals surface area contributed by atoms with E-state index in [1.165, 1.54) is 0 Å². The Balaban J connectivity index is 1.55. The lowest BCUT2D eigenvalue weighted by molar-refractivity contribution is 0.0734. The highest BCUT2D eigenvalue weighted by atomic mass is 16.5. The maximum atomic E-state index is 12.5. The quantitative estimate of drug-likeness (QED) is 0.399. The van der Waals surface area contributed by atoms with Gasteiger partial charge in [0.1, 0.15) is 11.5 Å². The number of rotatable bonds is 3. The van der Waals surface area contributed by atoms with E-state index in [2.05, 4.69) is 4.98 Å². The zero-order valence-electron chi connectivity index (χ0n) is 14.5.